The van der Waals surface area contributed by atoms with Crippen LogP contribution < -0.4 is 19.5 Å². The standard InChI is InChI=1S/C17H19NO4/c1-4-22-14-8-6-5-7-13(14)17(19)18-12-9-10-15(20-2)16(11-12)21-3/h5-11H,4H2,1-3H3,(H,18,19). The molecule has 0 unspecified atom stereocenters. The number of amides is 1. The number of methoxy groups -OCH3 is 2. The Morgan fingerprint density at radius 1 is 1.00 bits per heavy atom. The number of anilines is 1. The molecule has 0 aliphatic carbocycles. The largest absolute Gasteiger partial charge is 0.493 e. The molecule has 0 saturated heterocycles. The van der Waals surface area contributed by atoms with Crippen molar-refractivity contribution in [3.05, 3.63) is 48.0 Å². The summed E-state index contributed by atoms with van der Waals surface area (Å²) in [6.07, 6.45) is 0. The van der Waals surface area contributed by atoms with Gasteiger partial charge in [0.1, 0.15) is 5.75 Å². The number of para-hydroxylation sites is 1. The molecule has 2 rings (SSSR count). The number of ether oxygens (including phenoxy) is 3. The van der Waals surface area contributed by atoms with Crippen molar-refractivity contribution in [3.8, 4) is 17.2 Å². The first-order valence-electron chi connectivity index (χ1n) is 6.94. The molecule has 0 heterocycles. The van der Waals surface area contributed by atoms with Gasteiger partial charge in [-0.25, -0.2) is 0 Å². The average Bonchev–Trinajstić information content (AvgIpc) is 2.55. The highest BCUT2D eigenvalue weighted by atomic mass is 16.5. The summed E-state index contributed by atoms with van der Waals surface area (Å²) in [6.45, 7) is 2.38. The molecule has 1 N–H and O–H groups in total. The number of benzene rings is 2. The van der Waals surface area contributed by atoms with Crippen LogP contribution in [0.1, 0.15) is 17.3 Å². The fourth-order valence-corrected chi connectivity index (χ4v) is 2.05. The minimum Gasteiger partial charge on any atom is -0.493 e. The van der Waals surface area contributed by atoms with Gasteiger partial charge in [-0.3, -0.25) is 4.79 Å². The summed E-state index contributed by atoms with van der Waals surface area (Å²) in [5.74, 6) is 1.48. The third-order valence-corrected chi connectivity index (χ3v) is 3.07. The smallest absolute Gasteiger partial charge is 0.259 e. The first-order chi connectivity index (χ1) is 10.7. The number of hydrogen-bond donors (Lipinski definition) is 1. The van der Waals surface area contributed by atoms with Gasteiger partial charge in [0, 0.05) is 11.8 Å². The maximum absolute atomic E-state index is 12.4. The molecular formula is C17H19NO4. The summed E-state index contributed by atoms with van der Waals surface area (Å²) in [5.41, 5.74) is 1.10. The van der Waals surface area contributed by atoms with Crippen LogP contribution >= 0.6 is 0 Å². The molecule has 0 bridgehead atoms. The highest BCUT2D eigenvalue weighted by molar-refractivity contribution is 6.06. The Morgan fingerprint density at radius 2 is 1.73 bits per heavy atom. The van der Waals surface area contributed by atoms with E-state index < -0.39 is 0 Å². The fraction of sp³-hybridized carbons (Fsp3) is 0.235. The first-order valence-corrected chi connectivity index (χ1v) is 6.94. The summed E-state index contributed by atoms with van der Waals surface area (Å²) in [7, 11) is 3.11. The summed E-state index contributed by atoms with van der Waals surface area (Å²) in [6, 6.07) is 12.3. The van der Waals surface area contributed by atoms with Gasteiger partial charge in [-0.05, 0) is 31.2 Å². The lowest BCUT2D eigenvalue weighted by atomic mass is 10.1. The van der Waals surface area contributed by atoms with E-state index in [1.807, 2.05) is 13.0 Å². The molecule has 5 nitrogen and oxygen atoms in total. The molecule has 0 aromatic heterocycles. The van der Waals surface area contributed by atoms with Crippen molar-refractivity contribution in [3.63, 3.8) is 0 Å². The van der Waals surface area contributed by atoms with Gasteiger partial charge in [0.15, 0.2) is 11.5 Å². The lowest BCUT2D eigenvalue weighted by Gasteiger charge is -2.12. The zero-order valence-electron chi connectivity index (χ0n) is 12.9. The Morgan fingerprint density at radius 3 is 2.41 bits per heavy atom. The van der Waals surface area contributed by atoms with Crippen LogP contribution in [0.2, 0.25) is 0 Å². The van der Waals surface area contributed by atoms with Crippen LogP contribution in [0.5, 0.6) is 17.2 Å². The number of carbonyl (C=O) groups is 1. The van der Waals surface area contributed by atoms with Gasteiger partial charge < -0.3 is 19.5 Å². The molecule has 0 saturated carbocycles. The Hall–Kier alpha value is -2.69. The van der Waals surface area contributed by atoms with Gasteiger partial charge in [0.2, 0.25) is 0 Å². The lowest BCUT2D eigenvalue weighted by Crippen LogP contribution is -2.13. The second-order valence-corrected chi connectivity index (χ2v) is 4.45. The summed E-state index contributed by atoms with van der Waals surface area (Å²) in [5, 5.41) is 2.83. The molecule has 116 valence electrons. The molecule has 0 aliphatic rings. The zero-order valence-corrected chi connectivity index (χ0v) is 12.9. The molecule has 2 aromatic rings. The second kappa shape index (κ2) is 7.36. The van der Waals surface area contributed by atoms with Gasteiger partial charge in [0.25, 0.3) is 5.91 Å². The predicted octanol–water partition coefficient (Wildman–Crippen LogP) is 3.35. The number of carbonyl (C=O) groups excluding carboxylic acids is 1. The predicted molar refractivity (Wildman–Crippen MR) is 85.1 cm³/mol. The Bertz CT molecular complexity index is 655. The van der Waals surface area contributed by atoms with Crippen LogP contribution in [-0.4, -0.2) is 26.7 Å². The normalized spacial score (nSPS) is 9.95. The Labute approximate surface area is 129 Å². The van der Waals surface area contributed by atoms with Crippen molar-refractivity contribution in [1.82, 2.24) is 0 Å². The van der Waals surface area contributed by atoms with E-state index in [0.717, 1.165) is 0 Å². The summed E-state index contributed by atoms with van der Waals surface area (Å²) < 4.78 is 15.9. The van der Waals surface area contributed by atoms with Crippen molar-refractivity contribution in [2.75, 3.05) is 26.1 Å². The molecule has 0 atom stereocenters. The van der Waals surface area contributed by atoms with Gasteiger partial charge >= 0.3 is 0 Å². The molecule has 1 amide bonds. The van der Waals surface area contributed by atoms with Crippen molar-refractivity contribution < 1.29 is 19.0 Å². The van der Waals surface area contributed by atoms with E-state index in [1.54, 1.807) is 50.6 Å². The van der Waals surface area contributed by atoms with Gasteiger partial charge in [-0.15, -0.1) is 0 Å². The maximum Gasteiger partial charge on any atom is 0.259 e. The first kappa shape index (κ1) is 15.7. The van der Waals surface area contributed by atoms with E-state index in [9.17, 15) is 4.79 Å². The highest BCUT2D eigenvalue weighted by Gasteiger charge is 2.13. The third-order valence-electron chi connectivity index (χ3n) is 3.07. The molecular weight excluding hydrogens is 282 g/mol. The highest BCUT2D eigenvalue weighted by Crippen LogP contribution is 2.30. The minimum absolute atomic E-state index is 0.240. The Kier molecular flexibility index (Phi) is 5.25. The van der Waals surface area contributed by atoms with Crippen molar-refractivity contribution in [1.29, 1.82) is 0 Å². The monoisotopic (exact) mass is 301 g/mol. The van der Waals surface area contributed by atoms with Crippen molar-refractivity contribution in [2.24, 2.45) is 0 Å². The number of nitrogens with one attached hydrogen (secondary N) is 1. The maximum atomic E-state index is 12.4. The van der Waals surface area contributed by atoms with E-state index in [-0.39, 0.29) is 5.91 Å². The number of hydrogen-bond acceptors (Lipinski definition) is 4. The van der Waals surface area contributed by atoms with E-state index in [2.05, 4.69) is 5.32 Å². The SMILES string of the molecule is CCOc1ccccc1C(=O)Nc1ccc(OC)c(OC)c1. The molecule has 22 heavy (non-hydrogen) atoms. The quantitative estimate of drug-likeness (QED) is 0.889. The molecule has 0 radical (unpaired) electrons. The van der Waals surface area contributed by atoms with E-state index >= 15 is 0 Å². The molecule has 0 fully saturated rings. The molecule has 5 heteroatoms. The van der Waals surface area contributed by atoms with Crippen LogP contribution in [0.4, 0.5) is 5.69 Å². The van der Waals surface area contributed by atoms with Crippen LogP contribution in [-0.2, 0) is 0 Å². The average molecular weight is 301 g/mol. The molecule has 0 aliphatic heterocycles. The summed E-state index contributed by atoms with van der Waals surface area (Å²) >= 11 is 0. The Balaban J connectivity index is 2.22. The van der Waals surface area contributed by atoms with Crippen LogP contribution in [0.25, 0.3) is 0 Å². The third kappa shape index (κ3) is 3.49. The van der Waals surface area contributed by atoms with Gasteiger partial charge in [-0.1, -0.05) is 12.1 Å². The van der Waals surface area contributed by atoms with E-state index in [0.29, 0.717) is 35.1 Å². The number of rotatable bonds is 6. The van der Waals surface area contributed by atoms with Gasteiger partial charge in [-0.2, -0.15) is 0 Å². The fourth-order valence-electron chi connectivity index (χ4n) is 2.05. The van der Waals surface area contributed by atoms with Gasteiger partial charge in [0.05, 0.1) is 26.4 Å². The lowest BCUT2D eigenvalue weighted by molar-refractivity contribution is 0.102. The van der Waals surface area contributed by atoms with E-state index in [4.69, 9.17) is 14.2 Å². The zero-order chi connectivity index (χ0) is 15.9. The van der Waals surface area contributed by atoms with Crippen LogP contribution in [0, 0.1) is 0 Å². The summed E-state index contributed by atoms with van der Waals surface area (Å²) in [4.78, 5) is 12.4. The minimum atomic E-state index is -0.240. The van der Waals surface area contributed by atoms with E-state index in [1.165, 1.54) is 0 Å². The van der Waals surface area contributed by atoms with Crippen LogP contribution in [0.15, 0.2) is 42.5 Å². The van der Waals surface area contributed by atoms with Crippen molar-refractivity contribution >= 4 is 11.6 Å². The topological polar surface area (TPSA) is 56.8 Å². The molecule has 0 spiro atoms. The second-order valence-electron chi connectivity index (χ2n) is 4.45. The van der Waals surface area contributed by atoms with Crippen molar-refractivity contribution in [2.45, 2.75) is 6.92 Å². The van der Waals surface area contributed by atoms with Crippen LogP contribution in [0.3, 0.4) is 0 Å². The molecule has 2 aromatic carbocycles.